The zero-order valence-corrected chi connectivity index (χ0v) is 10.7. The number of rotatable bonds is 3. The minimum Gasteiger partial charge on any atom is -0.312 e. The average Bonchev–Trinajstić information content (AvgIpc) is 2.55. The van der Waals surface area contributed by atoms with Gasteiger partial charge in [-0.25, -0.2) is 0 Å². The van der Waals surface area contributed by atoms with E-state index in [1.54, 1.807) is 0 Å². The molecule has 1 N–H and O–H groups in total. The minimum atomic E-state index is 0.462. The van der Waals surface area contributed by atoms with E-state index >= 15 is 0 Å². The molecule has 2 unspecified atom stereocenters. The van der Waals surface area contributed by atoms with E-state index < -0.39 is 0 Å². The zero-order chi connectivity index (χ0) is 10.8. The lowest BCUT2D eigenvalue weighted by Crippen LogP contribution is -2.23. The maximum Gasteiger partial charge on any atom is 0.0453 e. The highest BCUT2D eigenvalue weighted by Gasteiger charge is 2.31. The molecule has 1 aliphatic heterocycles. The molecule has 0 spiro atoms. The van der Waals surface area contributed by atoms with Crippen LogP contribution < -0.4 is 5.32 Å². The summed E-state index contributed by atoms with van der Waals surface area (Å²) in [5.74, 6) is 0. The number of halogens is 1. The summed E-state index contributed by atoms with van der Waals surface area (Å²) in [4.78, 5) is 1.39. The number of nitrogens with one attached hydrogen (secondary N) is 1. The smallest absolute Gasteiger partial charge is 0.0453 e. The Labute approximate surface area is 101 Å². The van der Waals surface area contributed by atoms with E-state index in [9.17, 15) is 0 Å². The molecule has 1 nitrogen and oxygen atoms in total. The van der Waals surface area contributed by atoms with Crippen LogP contribution in [0.1, 0.15) is 31.4 Å². The van der Waals surface area contributed by atoms with Crippen molar-refractivity contribution in [2.24, 2.45) is 0 Å². The third-order valence-corrected chi connectivity index (χ3v) is 4.51. The quantitative estimate of drug-likeness (QED) is 0.862. The molecule has 82 valence electrons. The van der Waals surface area contributed by atoms with Gasteiger partial charge in [-0.2, -0.15) is 0 Å². The van der Waals surface area contributed by atoms with Gasteiger partial charge in [0.05, 0.1) is 0 Å². The first-order valence-electron chi connectivity index (χ1n) is 5.39. The fourth-order valence-electron chi connectivity index (χ4n) is 2.15. The van der Waals surface area contributed by atoms with Crippen molar-refractivity contribution < 1.29 is 0 Å². The predicted molar refractivity (Wildman–Crippen MR) is 67.8 cm³/mol. The van der Waals surface area contributed by atoms with Gasteiger partial charge in [-0.05, 0) is 37.2 Å². The van der Waals surface area contributed by atoms with Crippen LogP contribution in [0.5, 0.6) is 0 Å². The Kier molecular flexibility index (Phi) is 3.60. The molecule has 3 heteroatoms. The maximum atomic E-state index is 6.03. The molecule has 0 bridgehead atoms. The van der Waals surface area contributed by atoms with E-state index in [0.29, 0.717) is 11.3 Å². The molecule has 1 heterocycles. The van der Waals surface area contributed by atoms with Gasteiger partial charge in [0.15, 0.2) is 0 Å². The van der Waals surface area contributed by atoms with E-state index in [1.807, 2.05) is 24.9 Å². The first kappa shape index (κ1) is 11.3. The van der Waals surface area contributed by atoms with Gasteiger partial charge in [0.1, 0.15) is 0 Å². The van der Waals surface area contributed by atoms with Gasteiger partial charge in [-0.3, -0.25) is 0 Å². The largest absolute Gasteiger partial charge is 0.312 e. The second-order valence-electron chi connectivity index (χ2n) is 3.89. The average molecular weight is 242 g/mol. The van der Waals surface area contributed by atoms with Crippen molar-refractivity contribution in [2.45, 2.75) is 36.0 Å². The summed E-state index contributed by atoms with van der Waals surface area (Å²) < 4.78 is 0. The van der Waals surface area contributed by atoms with E-state index in [0.717, 1.165) is 5.02 Å². The summed E-state index contributed by atoms with van der Waals surface area (Å²) in [6.07, 6.45) is 2.49. The highest BCUT2D eigenvalue weighted by atomic mass is 35.5. The summed E-state index contributed by atoms with van der Waals surface area (Å²) in [7, 11) is 2.03. The van der Waals surface area contributed by atoms with Crippen molar-refractivity contribution in [1.29, 1.82) is 0 Å². The van der Waals surface area contributed by atoms with Crippen molar-refractivity contribution in [3.8, 4) is 0 Å². The normalized spacial score (nSPS) is 24.2. The minimum absolute atomic E-state index is 0.462. The van der Waals surface area contributed by atoms with Gasteiger partial charge in [0, 0.05) is 21.2 Å². The molecular weight excluding hydrogens is 226 g/mol. The van der Waals surface area contributed by atoms with Crippen LogP contribution in [0.25, 0.3) is 0 Å². The Hall–Kier alpha value is -0.180. The Morgan fingerprint density at radius 1 is 1.47 bits per heavy atom. The van der Waals surface area contributed by atoms with Gasteiger partial charge in [-0.15, -0.1) is 11.8 Å². The molecule has 15 heavy (non-hydrogen) atoms. The summed E-state index contributed by atoms with van der Waals surface area (Å²) in [5.41, 5.74) is 1.37. The first-order chi connectivity index (χ1) is 7.26. The maximum absolute atomic E-state index is 6.03. The Balaban J connectivity index is 2.29. The van der Waals surface area contributed by atoms with Crippen molar-refractivity contribution in [2.75, 3.05) is 7.05 Å². The van der Waals surface area contributed by atoms with Crippen molar-refractivity contribution >= 4 is 23.4 Å². The fraction of sp³-hybridized carbons (Fsp3) is 0.500. The molecule has 2 atom stereocenters. The highest BCUT2D eigenvalue weighted by molar-refractivity contribution is 8.00. The zero-order valence-electron chi connectivity index (χ0n) is 9.09. The van der Waals surface area contributed by atoms with Crippen molar-refractivity contribution in [3.63, 3.8) is 0 Å². The van der Waals surface area contributed by atoms with Crippen LogP contribution in [-0.2, 0) is 0 Å². The lowest BCUT2D eigenvalue weighted by molar-refractivity contribution is 0.544. The Morgan fingerprint density at radius 3 is 2.93 bits per heavy atom. The number of fused-ring (bicyclic) bond motifs is 1. The molecular formula is C12H16ClNS. The summed E-state index contributed by atoms with van der Waals surface area (Å²) >= 11 is 8.01. The second kappa shape index (κ2) is 4.77. The van der Waals surface area contributed by atoms with Crippen molar-refractivity contribution in [3.05, 3.63) is 28.8 Å². The SMILES string of the molecule is CCCC1Sc2ccc(Cl)cc2C1NC. The van der Waals surface area contributed by atoms with Crippen LogP contribution >= 0.6 is 23.4 Å². The molecule has 2 rings (SSSR count). The lowest BCUT2D eigenvalue weighted by Gasteiger charge is -2.18. The first-order valence-corrected chi connectivity index (χ1v) is 6.65. The second-order valence-corrected chi connectivity index (χ2v) is 5.61. The molecule has 1 aromatic rings. The number of hydrogen-bond acceptors (Lipinski definition) is 2. The third kappa shape index (κ3) is 2.17. The van der Waals surface area contributed by atoms with E-state index in [-0.39, 0.29) is 0 Å². The Bertz CT molecular complexity index is 353. The molecule has 1 aromatic carbocycles. The molecule has 0 amide bonds. The Morgan fingerprint density at radius 2 is 2.27 bits per heavy atom. The lowest BCUT2D eigenvalue weighted by atomic mass is 10.0. The molecule has 0 saturated carbocycles. The van der Waals surface area contributed by atoms with Crippen LogP contribution in [0.15, 0.2) is 23.1 Å². The standard InChI is InChI=1S/C12H16ClNS/c1-3-4-11-12(14-2)9-7-8(13)5-6-10(9)15-11/h5-7,11-12,14H,3-4H2,1-2H3. The van der Waals surface area contributed by atoms with Gasteiger partial charge in [0.25, 0.3) is 0 Å². The van der Waals surface area contributed by atoms with Crippen LogP contribution in [0.3, 0.4) is 0 Å². The van der Waals surface area contributed by atoms with Crippen molar-refractivity contribution in [1.82, 2.24) is 5.32 Å². The van der Waals surface area contributed by atoms with Crippen LogP contribution in [-0.4, -0.2) is 12.3 Å². The van der Waals surface area contributed by atoms with Crippen LogP contribution in [0, 0.1) is 0 Å². The van der Waals surface area contributed by atoms with Gasteiger partial charge in [-0.1, -0.05) is 24.9 Å². The highest BCUT2D eigenvalue weighted by Crippen LogP contribution is 2.46. The molecule has 0 saturated heterocycles. The van der Waals surface area contributed by atoms with E-state index in [2.05, 4.69) is 24.4 Å². The predicted octanol–water partition coefficient (Wildman–Crippen LogP) is 3.87. The molecule has 0 fully saturated rings. The monoisotopic (exact) mass is 241 g/mol. The summed E-state index contributed by atoms with van der Waals surface area (Å²) in [6, 6.07) is 6.68. The molecule has 1 aliphatic rings. The topological polar surface area (TPSA) is 12.0 Å². The van der Waals surface area contributed by atoms with Gasteiger partial charge < -0.3 is 5.32 Å². The van der Waals surface area contributed by atoms with Gasteiger partial charge >= 0.3 is 0 Å². The fourth-order valence-corrected chi connectivity index (χ4v) is 3.90. The third-order valence-electron chi connectivity index (χ3n) is 2.84. The molecule has 0 aromatic heterocycles. The number of thioether (sulfide) groups is 1. The summed E-state index contributed by atoms with van der Waals surface area (Å²) in [5, 5.41) is 4.90. The number of benzene rings is 1. The molecule has 0 aliphatic carbocycles. The van der Waals surface area contributed by atoms with E-state index in [1.165, 1.54) is 23.3 Å². The van der Waals surface area contributed by atoms with Crippen LogP contribution in [0.2, 0.25) is 5.02 Å². The van der Waals surface area contributed by atoms with Crippen LogP contribution in [0.4, 0.5) is 0 Å². The van der Waals surface area contributed by atoms with E-state index in [4.69, 9.17) is 11.6 Å². The van der Waals surface area contributed by atoms with Gasteiger partial charge in [0.2, 0.25) is 0 Å². The number of hydrogen-bond donors (Lipinski definition) is 1. The summed E-state index contributed by atoms with van der Waals surface area (Å²) in [6.45, 7) is 2.24. The molecule has 0 radical (unpaired) electrons.